The molecule has 2 rings (SSSR count). The molecule has 1 unspecified atom stereocenters. The van der Waals surface area contributed by atoms with Gasteiger partial charge >= 0.3 is 0 Å². The van der Waals surface area contributed by atoms with Crippen LogP contribution in [0.15, 0.2) is 39.5 Å². The van der Waals surface area contributed by atoms with Crippen LogP contribution in [0.25, 0.3) is 0 Å². The van der Waals surface area contributed by atoms with Gasteiger partial charge in [-0.3, -0.25) is 0 Å². The minimum absolute atomic E-state index is 0.454. The van der Waals surface area contributed by atoms with E-state index in [1.165, 1.54) is 11.1 Å². The highest BCUT2D eigenvalue weighted by atomic mass is 79.9. The number of nitrogens with one attached hydrogen (secondary N) is 1. The Kier molecular flexibility index (Phi) is 5.43. The van der Waals surface area contributed by atoms with Crippen molar-refractivity contribution in [3.8, 4) is 5.75 Å². The maximum Gasteiger partial charge on any atom is 0.133 e. The molecule has 2 aromatic rings. The van der Waals surface area contributed by atoms with Crippen LogP contribution in [-0.4, -0.2) is 20.2 Å². The molecule has 0 aliphatic carbocycles. The van der Waals surface area contributed by atoms with Gasteiger partial charge < -0.3 is 10.1 Å². The van der Waals surface area contributed by atoms with Gasteiger partial charge in [0, 0.05) is 6.04 Å². The fourth-order valence-corrected chi connectivity index (χ4v) is 3.36. The predicted molar refractivity (Wildman–Crippen MR) is 85.3 cm³/mol. The topological polar surface area (TPSA) is 21.3 Å². The maximum absolute atomic E-state index is 5.26. The zero-order valence-electron chi connectivity index (χ0n) is 11.2. The first kappa shape index (κ1) is 14.6. The Morgan fingerprint density at radius 2 is 2.05 bits per heavy atom. The molecule has 102 valence electrons. The van der Waals surface area contributed by atoms with Crippen molar-refractivity contribution >= 4 is 27.3 Å². The number of likely N-dealkylation sites (N-methyl/N-ethyl adjacent to an activating group) is 1. The molecule has 0 aliphatic rings. The molecule has 0 bridgehead atoms. The maximum atomic E-state index is 5.26. The van der Waals surface area contributed by atoms with Gasteiger partial charge in [0.05, 0.1) is 11.6 Å². The van der Waals surface area contributed by atoms with Crippen LogP contribution in [0.5, 0.6) is 5.75 Å². The molecule has 19 heavy (non-hydrogen) atoms. The minimum atomic E-state index is 0.454. The normalized spacial score (nSPS) is 12.4. The first-order valence-electron chi connectivity index (χ1n) is 6.23. The lowest BCUT2D eigenvalue weighted by Crippen LogP contribution is -2.29. The van der Waals surface area contributed by atoms with Crippen molar-refractivity contribution in [2.45, 2.75) is 18.9 Å². The third kappa shape index (κ3) is 4.06. The van der Waals surface area contributed by atoms with Crippen molar-refractivity contribution in [1.82, 2.24) is 5.32 Å². The van der Waals surface area contributed by atoms with E-state index < -0.39 is 0 Å². The molecule has 0 aliphatic heterocycles. The van der Waals surface area contributed by atoms with Crippen LogP contribution in [0.3, 0.4) is 0 Å². The first-order valence-corrected chi connectivity index (χ1v) is 7.97. The lowest BCUT2D eigenvalue weighted by Gasteiger charge is -2.16. The molecule has 2 nitrogen and oxygen atoms in total. The Labute approximate surface area is 126 Å². The summed E-state index contributed by atoms with van der Waals surface area (Å²) in [4.78, 5) is 0. The van der Waals surface area contributed by atoms with E-state index in [4.69, 9.17) is 4.74 Å². The van der Waals surface area contributed by atoms with Gasteiger partial charge in [0.25, 0.3) is 0 Å². The van der Waals surface area contributed by atoms with Gasteiger partial charge in [-0.15, -0.1) is 0 Å². The zero-order chi connectivity index (χ0) is 13.7. The molecule has 1 atom stereocenters. The van der Waals surface area contributed by atoms with E-state index >= 15 is 0 Å². The van der Waals surface area contributed by atoms with Gasteiger partial charge in [0.2, 0.25) is 0 Å². The van der Waals surface area contributed by atoms with E-state index in [1.54, 1.807) is 18.4 Å². The van der Waals surface area contributed by atoms with Crippen LogP contribution >= 0.6 is 27.3 Å². The summed E-state index contributed by atoms with van der Waals surface area (Å²) in [6.45, 7) is 0. The van der Waals surface area contributed by atoms with Crippen molar-refractivity contribution in [2.24, 2.45) is 0 Å². The van der Waals surface area contributed by atoms with Crippen molar-refractivity contribution in [1.29, 1.82) is 0 Å². The van der Waals surface area contributed by atoms with E-state index in [-0.39, 0.29) is 0 Å². The quantitative estimate of drug-likeness (QED) is 0.861. The fourth-order valence-electron chi connectivity index (χ4n) is 2.09. The fraction of sp³-hybridized carbons (Fsp3) is 0.333. The number of rotatable bonds is 6. The minimum Gasteiger partial charge on any atom is -0.496 e. The SMILES string of the molecule is CNC(Cc1ccsc1)Cc1ccc(OC)c(Br)c1. The summed E-state index contributed by atoms with van der Waals surface area (Å²) >= 11 is 5.29. The highest BCUT2D eigenvalue weighted by Crippen LogP contribution is 2.26. The summed E-state index contributed by atoms with van der Waals surface area (Å²) in [6, 6.07) is 8.92. The van der Waals surface area contributed by atoms with E-state index in [9.17, 15) is 0 Å². The third-order valence-corrected chi connectivity index (χ3v) is 4.52. The molecule has 0 radical (unpaired) electrons. The summed E-state index contributed by atoms with van der Waals surface area (Å²) in [6.07, 6.45) is 2.07. The molecule has 4 heteroatoms. The average Bonchev–Trinajstić information content (AvgIpc) is 2.91. The summed E-state index contributed by atoms with van der Waals surface area (Å²) in [7, 11) is 3.71. The monoisotopic (exact) mass is 339 g/mol. The molecule has 0 amide bonds. The van der Waals surface area contributed by atoms with Gasteiger partial charge in [-0.25, -0.2) is 0 Å². The summed E-state index contributed by atoms with van der Waals surface area (Å²) in [5.74, 6) is 0.877. The van der Waals surface area contributed by atoms with Gasteiger partial charge in [-0.2, -0.15) is 11.3 Å². The molecule has 1 aromatic carbocycles. The largest absolute Gasteiger partial charge is 0.496 e. The standard InChI is InChI=1S/C15H18BrNOS/c1-17-13(8-12-5-6-19-10-12)7-11-3-4-15(18-2)14(16)9-11/h3-6,9-10,13,17H,7-8H2,1-2H3. The highest BCUT2D eigenvalue weighted by Gasteiger charge is 2.10. The lowest BCUT2D eigenvalue weighted by atomic mass is 10.0. The van der Waals surface area contributed by atoms with Gasteiger partial charge in [-0.05, 0) is 75.9 Å². The zero-order valence-corrected chi connectivity index (χ0v) is 13.6. The van der Waals surface area contributed by atoms with Crippen LogP contribution in [0.4, 0.5) is 0 Å². The molecule has 0 fully saturated rings. The van der Waals surface area contributed by atoms with Crippen LogP contribution < -0.4 is 10.1 Å². The Morgan fingerprint density at radius 1 is 1.26 bits per heavy atom. The molecule has 0 saturated carbocycles. The predicted octanol–water partition coefficient (Wildman–Crippen LogP) is 3.89. The number of benzene rings is 1. The van der Waals surface area contributed by atoms with Crippen LogP contribution in [0, 0.1) is 0 Å². The van der Waals surface area contributed by atoms with E-state index in [2.05, 4.69) is 50.2 Å². The summed E-state index contributed by atoms with van der Waals surface area (Å²) < 4.78 is 6.27. The van der Waals surface area contributed by atoms with Crippen LogP contribution in [0.1, 0.15) is 11.1 Å². The van der Waals surface area contributed by atoms with Crippen LogP contribution in [-0.2, 0) is 12.8 Å². The second-order valence-electron chi connectivity index (χ2n) is 4.49. The van der Waals surface area contributed by atoms with Gasteiger partial charge in [0.15, 0.2) is 0 Å². The Hall–Kier alpha value is -0.840. The van der Waals surface area contributed by atoms with Gasteiger partial charge in [0.1, 0.15) is 5.75 Å². The summed E-state index contributed by atoms with van der Waals surface area (Å²) in [5.41, 5.74) is 2.71. The lowest BCUT2D eigenvalue weighted by molar-refractivity contribution is 0.412. The van der Waals surface area contributed by atoms with E-state index in [1.807, 2.05) is 13.1 Å². The van der Waals surface area contributed by atoms with Gasteiger partial charge in [-0.1, -0.05) is 6.07 Å². The van der Waals surface area contributed by atoms with Crippen molar-refractivity contribution in [2.75, 3.05) is 14.2 Å². The van der Waals surface area contributed by atoms with Crippen LogP contribution in [0.2, 0.25) is 0 Å². The molecular formula is C15H18BrNOS. The number of hydrogen-bond acceptors (Lipinski definition) is 3. The van der Waals surface area contributed by atoms with Crippen molar-refractivity contribution in [3.05, 3.63) is 50.6 Å². The number of hydrogen-bond donors (Lipinski definition) is 1. The number of thiophene rings is 1. The molecule has 0 spiro atoms. The number of methoxy groups -OCH3 is 1. The molecular weight excluding hydrogens is 322 g/mol. The average molecular weight is 340 g/mol. The number of ether oxygens (including phenoxy) is 1. The Balaban J connectivity index is 2.03. The smallest absolute Gasteiger partial charge is 0.133 e. The summed E-state index contributed by atoms with van der Waals surface area (Å²) in [5, 5.41) is 7.74. The van der Waals surface area contributed by atoms with E-state index in [0.717, 1.165) is 23.1 Å². The Bertz CT molecular complexity index is 513. The molecule has 1 heterocycles. The highest BCUT2D eigenvalue weighted by molar-refractivity contribution is 9.10. The van der Waals surface area contributed by atoms with Crippen molar-refractivity contribution < 1.29 is 4.74 Å². The van der Waals surface area contributed by atoms with E-state index in [0.29, 0.717) is 6.04 Å². The molecule has 1 N–H and O–H groups in total. The third-order valence-electron chi connectivity index (χ3n) is 3.17. The second kappa shape index (κ2) is 7.08. The first-order chi connectivity index (χ1) is 9.22. The Morgan fingerprint density at radius 3 is 2.63 bits per heavy atom. The van der Waals surface area contributed by atoms with Crippen molar-refractivity contribution in [3.63, 3.8) is 0 Å². The molecule has 0 saturated heterocycles. The number of halogens is 1. The molecule has 1 aromatic heterocycles. The second-order valence-corrected chi connectivity index (χ2v) is 6.13.